The highest BCUT2D eigenvalue weighted by atomic mass is 16.1. The molecule has 4 heteroatoms. The van der Waals surface area contributed by atoms with Crippen LogP contribution in [0.15, 0.2) is 23.3 Å². The van der Waals surface area contributed by atoms with Gasteiger partial charge in [-0.15, -0.1) is 0 Å². The van der Waals surface area contributed by atoms with E-state index in [1.165, 1.54) is 10.8 Å². The second kappa shape index (κ2) is 2.62. The average molecular weight is 139 g/mol. The number of nitrogens with two attached hydrogens (primary N) is 1. The number of aromatic nitrogens is 2. The molecule has 1 heterocycles. The molecule has 0 unspecified atom stereocenters. The fourth-order valence-corrected chi connectivity index (χ4v) is 0.678. The highest BCUT2D eigenvalue weighted by Crippen LogP contribution is 1.87. The number of hydrogen-bond donors (Lipinski definition) is 1. The maximum atomic E-state index is 10.8. The molecular formula is C6H9N3O. The summed E-state index contributed by atoms with van der Waals surface area (Å²) in [5.41, 5.74) is 5.13. The van der Waals surface area contributed by atoms with Gasteiger partial charge in [0.25, 0.3) is 0 Å². The Bertz CT molecular complexity index is 266. The van der Waals surface area contributed by atoms with E-state index in [4.69, 9.17) is 5.73 Å². The summed E-state index contributed by atoms with van der Waals surface area (Å²) in [6.45, 7) is 1.73. The molecule has 0 bridgehead atoms. The van der Waals surface area contributed by atoms with Gasteiger partial charge in [0, 0.05) is 12.4 Å². The zero-order valence-electron chi connectivity index (χ0n) is 5.69. The molecule has 0 aliphatic carbocycles. The van der Waals surface area contributed by atoms with Crippen molar-refractivity contribution >= 4 is 0 Å². The van der Waals surface area contributed by atoms with E-state index in [2.05, 4.69) is 4.98 Å². The molecule has 0 saturated carbocycles. The van der Waals surface area contributed by atoms with E-state index in [1.807, 2.05) is 0 Å². The first kappa shape index (κ1) is 6.95. The van der Waals surface area contributed by atoms with Crippen LogP contribution < -0.4 is 11.4 Å². The quantitative estimate of drug-likeness (QED) is 0.582. The van der Waals surface area contributed by atoms with Gasteiger partial charge < -0.3 is 5.73 Å². The molecule has 4 nitrogen and oxygen atoms in total. The second-order valence-electron chi connectivity index (χ2n) is 2.05. The standard InChI is InChI=1S/C6H9N3O/c1-5(7)9-4-2-3-8-6(9)10/h2-5H,7H2,1H3/t5-/m0/s1. The van der Waals surface area contributed by atoms with E-state index in [-0.39, 0.29) is 11.9 Å². The van der Waals surface area contributed by atoms with Gasteiger partial charge in [-0.25, -0.2) is 9.78 Å². The summed E-state index contributed by atoms with van der Waals surface area (Å²) in [5, 5.41) is 0. The molecule has 0 aliphatic rings. The zero-order chi connectivity index (χ0) is 7.56. The van der Waals surface area contributed by atoms with Crippen LogP contribution >= 0.6 is 0 Å². The molecule has 1 rings (SSSR count). The Labute approximate surface area is 58.3 Å². The van der Waals surface area contributed by atoms with Crippen LogP contribution in [0.4, 0.5) is 0 Å². The Kier molecular flexibility index (Phi) is 1.82. The van der Waals surface area contributed by atoms with Gasteiger partial charge in [0.15, 0.2) is 0 Å². The van der Waals surface area contributed by atoms with Crippen molar-refractivity contribution < 1.29 is 0 Å². The first-order valence-electron chi connectivity index (χ1n) is 3.00. The van der Waals surface area contributed by atoms with Gasteiger partial charge in [-0.1, -0.05) is 0 Å². The minimum Gasteiger partial charge on any atom is -0.311 e. The predicted molar refractivity (Wildman–Crippen MR) is 37.4 cm³/mol. The summed E-state index contributed by atoms with van der Waals surface area (Å²) < 4.78 is 1.36. The molecule has 0 saturated heterocycles. The van der Waals surface area contributed by atoms with Gasteiger partial charge in [0.05, 0.1) is 6.17 Å². The normalized spacial score (nSPS) is 13.0. The zero-order valence-corrected chi connectivity index (χ0v) is 5.69. The van der Waals surface area contributed by atoms with Crippen LogP contribution in [0.1, 0.15) is 13.1 Å². The highest BCUT2D eigenvalue weighted by molar-refractivity contribution is 4.82. The minimum absolute atomic E-state index is 0.304. The molecule has 54 valence electrons. The third-order valence-electron chi connectivity index (χ3n) is 1.18. The Hall–Kier alpha value is -1.16. The van der Waals surface area contributed by atoms with Crippen LogP contribution in [0.3, 0.4) is 0 Å². The summed E-state index contributed by atoms with van der Waals surface area (Å²) in [6, 6.07) is 1.67. The summed E-state index contributed by atoms with van der Waals surface area (Å²) >= 11 is 0. The molecule has 10 heavy (non-hydrogen) atoms. The first-order chi connectivity index (χ1) is 4.72. The van der Waals surface area contributed by atoms with Gasteiger partial charge in [-0.3, -0.25) is 4.57 Å². The van der Waals surface area contributed by atoms with Gasteiger partial charge >= 0.3 is 5.69 Å². The largest absolute Gasteiger partial charge is 0.348 e. The van der Waals surface area contributed by atoms with Crippen LogP contribution in [0.5, 0.6) is 0 Å². The maximum absolute atomic E-state index is 10.8. The number of rotatable bonds is 1. The molecular weight excluding hydrogens is 130 g/mol. The Morgan fingerprint density at radius 3 is 2.90 bits per heavy atom. The fraction of sp³-hybridized carbons (Fsp3) is 0.333. The minimum atomic E-state index is -0.308. The lowest BCUT2D eigenvalue weighted by Crippen LogP contribution is -2.28. The molecule has 0 aromatic carbocycles. The van der Waals surface area contributed by atoms with Crippen molar-refractivity contribution in [3.05, 3.63) is 28.9 Å². The van der Waals surface area contributed by atoms with Crippen molar-refractivity contribution in [2.75, 3.05) is 0 Å². The lowest BCUT2D eigenvalue weighted by molar-refractivity contribution is 0.539. The SMILES string of the molecule is C[C@@H](N)n1cccnc1=O. The Balaban J connectivity index is 3.16. The van der Waals surface area contributed by atoms with Crippen LogP contribution in [0.2, 0.25) is 0 Å². The van der Waals surface area contributed by atoms with Gasteiger partial charge in [-0.05, 0) is 13.0 Å². The topological polar surface area (TPSA) is 60.9 Å². The van der Waals surface area contributed by atoms with E-state index in [0.717, 1.165) is 0 Å². The molecule has 0 fully saturated rings. The van der Waals surface area contributed by atoms with Crippen molar-refractivity contribution in [2.24, 2.45) is 5.73 Å². The van der Waals surface area contributed by atoms with Crippen LogP contribution in [-0.4, -0.2) is 9.55 Å². The summed E-state index contributed by atoms with van der Waals surface area (Å²) in [6.07, 6.45) is 2.75. The molecule has 0 spiro atoms. The number of hydrogen-bond acceptors (Lipinski definition) is 3. The summed E-state index contributed by atoms with van der Waals surface area (Å²) in [4.78, 5) is 14.4. The van der Waals surface area contributed by atoms with E-state index in [0.29, 0.717) is 0 Å². The molecule has 0 aliphatic heterocycles. The van der Waals surface area contributed by atoms with Gasteiger partial charge in [0.1, 0.15) is 0 Å². The van der Waals surface area contributed by atoms with E-state index in [9.17, 15) is 4.79 Å². The lowest BCUT2D eigenvalue weighted by Gasteiger charge is -2.06. The van der Waals surface area contributed by atoms with Crippen molar-refractivity contribution in [3.63, 3.8) is 0 Å². The van der Waals surface area contributed by atoms with Crippen molar-refractivity contribution in [3.8, 4) is 0 Å². The maximum Gasteiger partial charge on any atom is 0.348 e. The van der Waals surface area contributed by atoms with E-state index >= 15 is 0 Å². The molecule has 0 radical (unpaired) electrons. The highest BCUT2D eigenvalue weighted by Gasteiger charge is 1.97. The molecule has 1 aromatic heterocycles. The Morgan fingerprint density at radius 1 is 1.80 bits per heavy atom. The van der Waals surface area contributed by atoms with Crippen molar-refractivity contribution in [1.82, 2.24) is 9.55 Å². The molecule has 1 aromatic rings. The third kappa shape index (κ3) is 1.22. The van der Waals surface area contributed by atoms with E-state index in [1.54, 1.807) is 19.2 Å². The van der Waals surface area contributed by atoms with E-state index < -0.39 is 0 Å². The monoisotopic (exact) mass is 139 g/mol. The molecule has 2 N–H and O–H groups in total. The Morgan fingerprint density at radius 2 is 2.50 bits per heavy atom. The van der Waals surface area contributed by atoms with Crippen LogP contribution in [-0.2, 0) is 0 Å². The molecule has 1 atom stereocenters. The second-order valence-corrected chi connectivity index (χ2v) is 2.05. The van der Waals surface area contributed by atoms with Crippen LogP contribution in [0.25, 0.3) is 0 Å². The average Bonchev–Trinajstić information content (AvgIpc) is 1.88. The van der Waals surface area contributed by atoms with Crippen LogP contribution in [0, 0.1) is 0 Å². The smallest absolute Gasteiger partial charge is 0.311 e. The lowest BCUT2D eigenvalue weighted by atomic mass is 10.5. The van der Waals surface area contributed by atoms with Crippen molar-refractivity contribution in [1.29, 1.82) is 0 Å². The predicted octanol–water partition coefficient (Wildman–Crippen LogP) is -0.279. The summed E-state index contributed by atoms with van der Waals surface area (Å²) in [5.74, 6) is 0. The first-order valence-corrected chi connectivity index (χ1v) is 3.00. The number of nitrogens with zero attached hydrogens (tertiary/aromatic N) is 2. The summed E-state index contributed by atoms with van der Waals surface area (Å²) in [7, 11) is 0. The third-order valence-corrected chi connectivity index (χ3v) is 1.18. The van der Waals surface area contributed by atoms with Gasteiger partial charge in [-0.2, -0.15) is 0 Å². The molecule has 0 amide bonds. The van der Waals surface area contributed by atoms with Crippen molar-refractivity contribution in [2.45, 2.75) is 13.1 Å². The van der Waals surface area contributed by atoms with Gasteiger partial charge in [0.2, 0.25) is 0 Å². The fourth-order valence-electron chi connectivity index (χ4n) is 0.678.